The third-order valence-corrected chi connectivity index (χ3v) is 7.96. The Morgan fingerprint density at radius 2 is 1.48 bits per heavy atom. The Kier molecular flexibility index (Phi) is 6.62. The summed E-state index contributed by atoms with van der Waals surface area (Å²) in [6, 6.07) is 24.8. The monoisotopic (exact) mass is 437 g/mol. The molecule has 0 radical (unpaired) electrons. The van der Waals surface area contributed by atoms with Crippen LogP contribution in [0.2, 0.25) is 0 Å². The number of carbonyl (C=O) groups excluding carboxylic acids is 1. The van der Waals surface area contributed by atoms with E-state index in [4.69, 9.17) is 9.47 Å². The van der Waals surface area contributed by atoms with Gasteiger partial charge < -0.3 is 9.47 Å². The predicted octanol–water partition coefficient (Wildman–Crippen LogP) is 7.16. The smallest absolute Gasteiger partial charge is 0.427 e. The maximum atomic E-state index is 14.6. The zero-order valence-corrected chi connectivity index (χ0v) is 18.4. The Morgan fingerprint density at radius 3 is 2.03 bits per heavy atom. The van der Waals surface area contributed by atoms with E-state index in [9.17, 15) is 9.18 Å². The molecule has 0 saturated heterocycles. The Bertz CT molecular complexity index is 978. The first-order chi connectivity index (χ1) is 15.1. The van der Waals surface area contributed by atoms with Gasteiger partial charge in [-0.2, -0.15) is 0 Å². The number of benzene rings is 3. The fourth-order valence-corrected chi connectivity index (χ4v) is 6.15. The molecular weight excluding hydrogens is 411 g/mol. The molecular formula is C26H26FO3S+. The van der Waals surface area contributed by atoms with Crippen LogP contribution in [-0.2, 0) is 15.6 Å². The Hall–Kier alpha value is -2.79. The highest BCUT2D eigenvalue weighted by Crippen LogP contribution is 2.37. The molecule has 0 amide bonds. The largest absolute Gasteiger partial charge is 0.514 e. The van der Waals surface area contributed by atoms with Crippen molar-refractivity contribution in [2.45, 2.75) is 59.3 Å². The molecule has 1 aliphatic rings. The SMILES string of the molecule is CCC1(OC(=O)Oc2cc([S+](c3ccccc3)c3ccccc3)ccc2F)CCCC1. The van der Waals surface area contributed by atoms with Crippen LogP contribution in [0.3, 0.4) is 0 Å². The minimum atomic E-state index is -0.834. The van der Waals surface area contributed by atoms with Crippen molar-refractivity contribution in [1.29, 1.82) is 0 Å². The van der Waals surface area contributed by atoms with Crippen LogP contribution >= 0.6 is 0 Å². The van der Waals surface area contributed by atoms with E-state index in [1.54, 1.807) is 12.1 Å². The van der Waals surface area contributed by atoms with Gasteiger partial charge in [0.15, 0.2) is 26.3 Å². The van der Waals surface area contributed by atoms with Gasteiger partial charge in [0, 0.05) is 6.07 Å². The van der Waals surface area contributed by atoms with Gasteiger partial charge in [-0.3, -0.25) is 0 Å². The van der Waals surface area contributed by atoms with Gasteiger partial charge >= 0.3 is 6.16 Å². The molecule has 160 valence electrons. The van der Waals surface area contributed by atoms with E-state index in [-0.39, 0.29) is 5.75 Å². The lowest BCUT2D eigenvalue weighted by atomic mass is 9.99. The first-order valence-corrected chi connectivity index (χ1v) is 11.9. The molecule has 3 aromatic rings. The molecule has 0 heterocycles. The molecule has 0 bridgehead atoms. The molecule has 0 spiro atoms. The van der Waals surface area contributed by atoms with E-state index in [2.05, 4.69) is 24.3 Å². The van der Waals surface area contributed by atoms with E-state index in [0.717, 1.165) is 46.8 Å². The third kappa shape index (κ3) is 4.93. The topological polar surface area (TPSA) is 35.5 Å². The standard InChI is InChI=1S/C26H26FO3S/c1-2-26(17-9-10-18-26)30-25(28)29-24-19-22(15-16-23(24)27)31(20-11-5-3-6-12-20)21-13-7-4-8-14-21/h3-8,11-16,19H,2,9-10,17-18H2,1H3/q+1. The maximum absolute atomic E-state index is 14.6. The average molecular weight is 438 g/mol. The highest BCUT2D eigenvalue weighted by atomic mass is 32.2. The lowest BCUT2D eigenvalue weighted by molar-refractivity contribution is -0.0132. The number of ether oxygens (including phenoxy) is 2. The van der Waals surface area contributed by atoms with Crippen molar-refractivity contribution in [3.8, 4) is 5.75 Å². The molecule has 5 heteroatoms. The molecule has 3 nitrogen and oxygen atoms in total. The average Bonchev–Trinajstić information content (AvgIpc) is 3.26. The van der Waals surface area contributed by atoms with Crippen LogP contribution in [0.1, 0.15) is 39.0 Å². The van der Waals surface area contributed by atoms with Crippen LogP contribution in [0.5, 0.6) is 5.75 Å². The van der Waals surface area contributed by atoms with E-state index in [1.165, 1.54) is 6.07 Å². The number of halogens is 1. The molecule has 0 aliphatic heterocycles. The number of rotatable bonds is 6. The highest BCUT2D eigenvalue weighted by molar-refractivity contribution is 7.97. The predicted molar refractivity (Wildman–Crippen MR) is 120 cm³/mol. The van der Waals surface area contributed by atoms with Crippen molar-refractivity contribution < 1.29 is 18.7 Å². The second-order valence-electron chi connectivity index (χ2n) is 7.72. The number of hydrogen-bond acceptors (Lipinski definition) is 3. The third-order valence-electron chi connectivity index (χ3n) is 5.75. The van der Waals surface area contributed by atoms with Gasteiger partial charge in [-0.15, -0.1) is 0 Å². The second-order valence-corrected chi connectivity index (χ2v) is 9.75. The first-order valence-electron chi connectivity index (χ1n) is 10.6. The zero-order valence-electron chi connectivity index (χ0n) is 17.6. The van der Waals surface area contributed by atoms with Crippen LogP contribution in [-0.4, -0.2) is 11.8 Å². The lowest BCUT2D eigenvalue weighted by Gasteiger charge is -2.26. The molecule has 0 unspecified atom stereocenters. The summed E-state index contributed by atoms with van der Waals surface area (Å²) in [7, 11) is -0.461. The molecule has 3 aromatic carbocycles. The second kappa shape index (κ2) is 9.56. The summed E-state index contributed by atoms with van der Waals surface area (Å²) in [4.78, 5) is 15.6. The van der Waals surface area contributed by atoms with Crippen molar-refractivity contribution in [2.24, 2.45) is 0 Å². The van der Waals surface area contributed by atoms with Crippen molar-refractivity contribution in [1.82, 2.24) is 0 Å². The summed E-state index contributed by atoms with van der Waals surface area (Å²) in [6.07, 6.45) is 3.61. The Labute approximate surface area is 185 Å². The Morgan fingerprint density at radius 1 is 0.903 bits per heavy atom. The van der Waals surface area contributed by atoms with E-state index in [0.29, 0.717) is 0 Å². The number of hydrogen-bond donors (Lipinski definition) is 0. The first kappa shape index (κ1) is 21.4. The van der Waals surface area contributed by atoms with Gasteiger partial charge in [-0.25, -0.2) is 9.18 Å². The van der Waals surface area contributed by atoms with E-state index in [1.807, 2.05) is 43.3 Å². The van der Waals surface area contributed by atoms with Gasteiger partial charge in [0.1, 0.15) is 5.60 Å². The van der Waals surface area contributed by atoms with Gasteiger partial charge in [0.05, 0.1) is 10.9 Å². The summed E-state index contributed by atoms with van der Waals surface area (Å²) < 4.78 is 25.6. The quantitative estimate of drug-likeness (QED) is 0.233. The fourth-order valence-electron chi connectivity index (χ4n) is 4.04. The van der Waals surface area contributed by atoms with Gasteiger partial charge in [0.2, 0.25) is 0 Å². The summed E-state index contributed by atoms with van der Waals surface area (Å²) in [6.45, 7) is 2.01. The molecule has 1 fully saturated rings. The summed E-state index contributed by atoms with van der Waals surface area (Å²) >= 11 is 0. The molecule has 1 saturated carbocycles. The normalized spacial score (nSPS) is 15.1. The van der Waals surface area contributed by atoms with Gasteiger partial charge in [0.25, 0.3) is 0 Å². The van der Waals surface area contributed by atoms with E-state index >= 15 is 0 Å². The van der Waals surface area contributed by atoms with Crippen LogP contribution in [0, 0.1) is 5.82 Å². The van der Waals surface area contributed by atoms with Crippen molar-refractivity contribution in [3.63, 3.8) is 0 Å². The van der Waals surface area contributed by atoms with Crippen molar-refractivity contribution >= 4 is 17.1 Å². The van der Waals surface area contributed by atoms with Crippen LogP contribution in [0.4, 0.5) is 9.18 Å². The fraction of sp³-hybridized carbons (Fsp3) is 0.269. The zero-order chi connectivity index (χ0) is 21.7. The van der Waals surface area contributed by atoms with Gasteiger partial charge in [-0.1, -0.05) is 43.3 Å². The molecule has 4 rings (SSSR count). The lowest BCUT2D eigenvalue weighted by Crippen LogP contribution is -2.32. The molecule has 0 aromatic heterocycles. The molecule has 1 aliphatic carbocycles. The van der Waals surface area contributed by atoms with Crippen molar-refractivity contribution in [2.75, 3.05) is 0 Å². The Balaban J connectivity index is 1.63. The molecule has 0 N–H and O–H groups in total. The minimum absolute atomic E-state index is 0.101. The van der Waals surface area contributed by atoms with Crippen LogP contribution in [0.25, 0.3) is 0 Å². The molecule has 31 heavy (non-hydrogen) atoms. The minimum Gasteiger partial charge on any atom is -0.427 e. The summed E-state index contributed by atoms with van der Waals surface area (Å²) in [5, 5.41) is 0. The van der Waals surface area contributed by atoms with Crippen molar-refractivity contribution in [3.05, 3.63) is 84.7 Å². The van der Waals surface area contributed by atoms with Gasteiger partial charge in [-0.05, 0) is 68.5 Å². The maximum Gasteiger partial charge on any atom is 0.514 e. The van der Waals surface area contributed by atoms with E-state index < -0.39 is 28.5 Å². The summed E-state index contributed by atoms with van der Waals surface area (Å²) in [5.74, 6) is -0.682. The highest BCUT2D eigenvalue weighted by Gasteiger charge is 2.37. The number of carbonyl (C=O) groups is 1. The summed E-state index contributed by atoms with van der Waals surface area (Å²) in [5.41, 5.74) is -0.483. The molecule has 0 atom stereocenters. The van der Waals surface area contributed by atoms with Crippen LogP contribution < -0.4 is 4.74 Å². The van der Waals surface area contributed by atoms with Crippen LogP contribution in [0.15, 0.2) is 93.5 Å².